The molecule has 0 spiro atoms. The summed E-state index contributed by atoms with van der Waals surface area (Å²) in [4.78, 5) is 0. The number of aromatic nitrogens is 2. The molecular formula is C12H20BrN3. The predicted molar refractivity (Wildman–Crippen MR) is 69.6 cm³/mol. The maximum atomic E-state index is 4.37. The normalized spacial score (nSPS) is 19.8. The van der Waals surface area contributed by atoms with Crippen LogP contribution in [0.15, 0.2) is 10.7 Å². The van der Waals surface area contributed by atoms with Crippen molar-refractivity contribution in [3.8, 4) is 0 Å². The fourth-order valence-electron chi connectivity index (χ4n) is 2.08. The van der Waals surface area contributed by atoms with Gasteiger partial charge in [0.05, 0.1) is 16.4 Å². The summed E-state index contributed by atoms with van der Waals surface area (Å²) in [6.07, 6.45) is 4.58. The molecule has 1 saturated carbocycles. The highest BCUT2D eigenvalue weighted by Gasteiger charge is 2.27. The van der Waals surface area contributed by atoms with Gasteiger partial charge in [0.25, 0.3) is 0 Å². The van der Waals surface area contributed by atoms with Crippen molar-refractivity contribution in [2.75, 3.05) is 0 Å². The van der Waals surface area contributed by atoms with E-state index in [0.29, 0.717) is 12.0 Å². The number of nitrogens with one attached hydrogen (secondary N) is 1. The highest BCUT2D eigenvalue weighted by atomic mass is 79.9. The minimum atomic E-state index is 0.484. The summed E-state index contributed by atoms with van der Waals surface area (Å²) in [6, 6.07) is 1.26. The van der Waals surface area contributed by atoms with Crippen molar-refractivity contribution in [3.63, 3.8) is 0 Å². The van der Waals surface area contributed by atoms with E-state index in [2.05, 4.69) is 51.8 Å². The molecule has 0 saturated heterocycles. The molecule has 2 unspecified atom stereocenters. The Morgan fingerprint density at radius 3 is 2.81 bits per heavy atom. The zero-order valence-electron chi connectivity index (χ0n) is 10.2. The summed E-state index contributed by atoms with van der Waals surface area (Å²) in [5.41, 5.74) is 1.31. The molecule has 2 atom stereocenters. The SMILES string of the molecule is CCn1ncc(Br)c1C(C)C(C)NC1CC1. The number of aryl methyl sites for hydroxylation is 1. The van der Waals surface area contributed by atoms with Crippen molar-refractivity contribution in [3.05, 3.63) is 16.4 Å². The summed E-state index contributed by atoms with van der Waals surface area (Å²) in [6.45, 7) is 7.60. The van der Waals surface area contributed by atoms with E-state index in [4.69, 9.17) is 0 Å². The van der Waals surface area contributed by atoms with Crippen molar-refractivity contribution >= 4 is 15.9 Å². The van der Waals surface area contributed by atoms with Crippen molar-refractivity contribution in [2.45, 2.75) is 58.2 Å². The maximum absolute atomic E-state index is 4.37. The molecular weight excluding hydrogens is 266 g/mol. The van der Waals surface area contributed by atoms with Gasteiger partial charge in [0.15, 0.2) is 0 Å². The highest BCUT2D eigenvalue weighted by molar-refractivity contribution is 9.10. The van der Waals surface area contributed by atoms with Gasteiger partial charge in [-0.2, -0.15) is 5.10 Å². The largest absolute Gasteiger partial charge is 0.311 e. The molecule has 1 N–H and O–H groups in total. The lowest BCUT2D eigenvalue weighted by atomic mass is 9.99. The van der Waals surface area contributed by atoms with Crippen LogP contribution >= 0.6 is 15.9 Å². The van der Waals surface area contributed by atoms with Gasteiger partial charge in [-0.1, -0.05) is 6.92 Å². The van der Waals surface area contributed by atoms with Crippen molar-refractivity contribution in [2.24, 2.45) is 0 Å². The first kappa shape index (κ1) is 12.1. The predicted octanol–water partition coefficient (Wildman–Crippen LogP) is 2.91. The van der Waals surface area contributed by atoms with Gasteiger partial charge in [-0.25, -0.2) is 0 Å². The molecule has 2 rings (SSSR count). The number of hydrogen-bond donors (Lipinski definition) is 1. The second-order valence-corrected chi connectivity index (χ2v) is 5.57. The molecule has 0 radical (unpaired) electrons. The van der Waals surface area contributed by atoms with Gasteiger partial charge in [0.2, 0.25) is 0 Å². The Hall–Kier alpha value is -0.350. The average molecular weight is 286 g/mol. The van der Waals surface area contributed by atoms with Crippen LogP contribution in [0.2, 0.25) is 0 Å². The number of rotatable bonds is 5. The van der Waals surface area contributed by atoms with E-state index in [1.165, 1.54) is 18.5 Å². The van der Waals surface area contributed by atoms with E-state index in [0.717, 1.165) is 17.1 Å². The molecule has 1 fully saturated rings. The fraction of sp³-hybridized carbons (Fsp3) is 0.750. The smallest absolute Gasteiger partial charge is 0.0635 e. The molecule has 4 heteroatoms. The molecule has 0 aliphatic heterocycles. The molecule has 16 heavy (non-hydrogen) atoms. The minimum absolute atomic E-state index is 0.484. The minimum Gasteiger partial charge on any atom is -0.311 e. The van der Waals surface area contributed by atoms with Crippen LogP contribution in [-0.2, 0) is 6.54 Å². The van der Waals surface area contributed by atoms with E-state index in [-0.39, 0.29) is 0 Å². The lowest BCUT2D eigenvalue weighted by molar-refractivity contribution is 0.449. The average Bonchev–Trinajstić information content (AvgIpc) is 2.99. The number of halogens is 1. The third-order valence-corrected chi connectivity index (χ3v) is 4.00. The van der Waals surface area contributed by atoms with Crippen LogP contribution in [0.4, 0.5) is 0 Å². The van der Waals surface area contributed by atoms with Crippen LogP contribution in [0, 0.1) is 0 Å². The van der Waals surface area contributed by atoms with Gasteiger partial charge in [0, 0.05) is 24.5 Å². The van der Waals surface area contributed by atoms with Crippen LogP contribution in [0.1, 0.15) is 45.2 Å². The first-order chi connectivity index (χ1) is 7.63. The molecule has 90 valence electrons. The summed E-state index contributed by atoms with van der Waals surface area (Å²) in [5.74, 6) is 0.484. The summed E-state index contributed by atoms with van der Waals surface area (Å²) < 4.78 is 3.21. The third kappa shape index (κ3) is 2.48. The van der Waals surface area contributed by atoms with Gasteiger partial charge in [0.1, 0.15) is 0 Å². The molecule has 1 aliphatic rings. The quantitative estimate of drug-likeness (QED) is 0.902. The molecule has 1 heterocycles. The van der Waals surface area contributed by atoms with E-state index >= 15 is 0 Å². The van der Waals surface area contributed by atoms with E-state index in [1.54, 1.807) is 0 Å². The lowest BCUT2D eigenvalue weighted by Gasteiger charge is -2.22. The monoisotopic (exact) mass is 285 g/mol. The van der Waals surface area contributed by atoms with Gasteiger partial charge in [-0.15, -0.1) is 0 Å². The van der Waals surface area contributed by atoms with Crippen molar-refractivity contribution < 1.29 is 0 Å². The zero-order chi connectivity index (χ0) is 11.7. The standard InChI is InChI=1S/C12H20BrN3/c1-4-16-12(11(13)7-14-16)8(2)9(3)15-10-5-6-10/h7-10,15H,4-6H2,1-3H3. The van der Waals surface area contributed by atoms with Gasteiger partial charge in [-0.05, 0) is 42.6 Å². The van der Waals surface area contributed by atoms with Crippen LogP contribution in [0.3, 0.4) is 0 Å². The number of hydrogen-bond acceptors (Lipinski definition) is 2. The first-order valence-corrected chi connectivity index (χ1v) is 6.90. The Morgan fingerprint density at radius 1 is 1.56 bits per heavy atom. The van der Waals surface area contributed by atoms with Gasteiger partial charge >= 0.3 is 0 Å². The van der Waals surface area contributed by atoms with Gasteiger partial charge in [-0.3, -0.25) is 4.68 Å². The third-order valence-electron chi connectivity index (χ3n) is 3.39. The fourth-order valence-corrected chi connectivity index (χ4v) is 2.74. The van der Waals surface area contributed by atoms with E-state index in [9.17, 15) is 0 Å². The maximum Gasteiger partial charge on any atom is 0.0635 e. The Labute approximate surface area is 106 Å². The molecule has 1 aliphatic carbocycles. The summed E-state index contributed by atoms with van der Waals surface area (Å²) >= 11 is 3.60. The Kier molecular flexibility index (Phi) is 3.70. The van der Waals surface area contributed by atoms with Crippen molar-refractivity contribution in [1.29, 1.82) is 0 Å². The van der Waals surface area contributed by atoms with Crippen LogP contribution in [0.5, 0.6) is 0 Å². The molecule has 1 aromatic rings. The molecule has 0 aromatic carbocycles. The molecule has 0 bridgehead atoms. The molecule has 0 amide bonds. The Balaban J connectivity index is 2.11. The Bertz CT molecular complexity index is 357. The zero-order valence-corrected chi connectivity index (χ0v) is 11.8. The second-order valence-electron chi connectivity index (χ2n) is 4.71. The second kappa shape index (κ2) is 4.88. The Morgan fingerprint density at radius 2 is 2.25 bits per heavy atom. The van der Waals surface area contributed by atoms with Crippen LogP contribution in [-0.4, -0.2) is 21.9 Å². The van der Waals surface area contributed by atoms with Gasteiger partial charge < -0.3 is 5.32 Å². The van der Waals surface area contributed by atoms with E-state index in [1.807, 2.05) is 6.20 Å². The number of nitrogens with zero attached hydrogens (tertiary/aromatic N) is 2. The summed E-state index contributed by atoms with van der Waals surface area (Å²) in [7, 11) is 0. The lowest BCUT2D eigenvalue weighted by Crippen LogP contribution is -2.33. The van der Waals surface area contributed by atoms with E-state index < -0.39 is 0 Å². The highest BCUT2D eigenvalue weighted by Crippen LogP contribution is 2.29. The molecule has 1 aromatic heterocycles. The van der Waals surface area contributed by atoms with Crippen molar-refractivity contribution in [1.82, 2.24) is 15.1 Å². The summed E-state index contributed by atoms with van der Waals surface area (Å²) in [5, 5.41) is 8.03. The van der Waals surface area contributed by atoms with Crippen LogP contribution < -0.4 is 5.32 Å². The topological polar surface area (TPSA) is 29.9 Å². The first-order valence-electron chi connectivity index (χ1n) is 6.10. The van der Waals surface area contributed by atoms with Crippen LogP contribution in [0.25, 0.3) is 0 Å². The molecule has 3 nitrogen and oxygen atoms in total.